The van der Waals surface area contributed by atoms with Crippen LogP contribution in [0.15, 0.2) is 4.52 Å². The van der Waals surface area contributed by atoms with Crippen molar-refractivity contribution in [3.05, 3.63) is 11.7 Å². The lowest BCUT2D eigenvalue weighted by molar-refractivity contribution is -0.135. The van der Waals surface area contributed by atoms with E-state index in [-0.39, 0.29) is 11.4 Å². The highest BCUT2D eigenvalue weighted by Crippen LogP contribution is 2.56. The highest BCUT2D eigenvalue weighted by atomic mass is 35.5. The van der Waals surface area contributed by atoms with E-state index in [0.717, 1.165) is 19.4 Å². The van der Waals surface area contributed by atoms with Crippen molar-refractivity contribution >= 4 is 17.5 Å². The maximum atomic E-state index is 12.1. The molecule has 1 atom stereocenters. The predicted molar refractivity (Wildman–Crippen MR) is 60.5 cm³/mol. The Morgan fingerprint density at radius 3 is 2.88 bits per heavy atom. The average molecular weight is 256 g/mol. The molecule has 3 fully saturated rings. The number of fused-ring (bicyclic) bond motifs is 1. The van der Waals surface area contributed by atoms with E-state index in [1.54, 1.807) is 13.8 Å². The number of alkyl halides is 1. The number of carbonyl (C=O) groups excluding carboxylic acids is 1. The number of aryl methyl sites for hydroxylation is 1. The third-order valence-electron chi connectivity index (χ3n) is 3.74. The molecule has 0 spiro atoms. The molecular formula is C11H14ClN3O2. The van der Waals surface area contributed by atoms with Gasteiger partial charge in [0.15, 0.2) is 5.82 Å². The number of nitrogens with zero attached hydrogens (tertiary/aromatic N) is 3. The minimum atomic E-state index is -0.504. The molecule has 2 bridgehead atoms. The van der Waals surface area contributed by atoms with Gasteiger partial charge in [0.25, 0.3) is 5.89 Å². The van der Waals surface area contributed by atoms with E-state index in [4.69, 9.17) is 16.1 Å². The average Bonchev–Trinajstić information content (AvgIpc) is 2.86. The maximum Gasteiger partial charge on any atom is 0.252 e. The van der Waals surface area contributed by atoms with Crippen LogP contribution in [0, 0.1) is 12.8 Å². The lowest BCUT2D eigenvalue weighted by atomic mass is 9.73. The molecule has 3 heterocycles. The molecule has 1 aromatic rings. The second kappa shape index (κ2) is 3.45. The summed E-state index contributed by atoms with van der Waals surface area (Å²) in [5.41, 5.74) is -0.369. The number of hydrogen-bond donors (Lipinski definition) is 0. The van der Waals surface area contributed by atoms with E-state index < -0.39 is 5.38 Å². The molecule has 3 aliphatic rings. The van der Waals surface area contributed by atoms with Crippen molar-refractivity contribution < 1.29 is 9.32 Å². The Kier molecular flexibility index (Phi) is 2.23. The van der Waals surface area contributed by atoms with Crippen LogP contribution >= 0.6 is 11.6 Å². The van der Waals surface area contributed by atoms with Gasteiger partial charge in [-0.25, -0.2) is 0 Å². The summed E-state index contributed by atoms with van der Waals surface area (Å²) in [5, 5.41) is 3.31. The van der Waals surface area contributed by atoms with E-state index in [1.807, 2.05) is 4.90 Å². The molecule has 0 N–H and O–H groups in total. The van der Waals surface area contributed by atoms with Crippen LogP contribution in [0.3, 0.4) is 0 Å². The fourth-order valence-corrected chi connectivity index (χ4v) is 3.09. The predicted octanol–water partition coefficient (Wildman–Crippen LogP) is 1.45. The molecule has 17 heavy (non-hydrogen) atoms. The van der Waals surface area contributed by atoms with Gasteiger partial charge in [-0.3, -0.25) is 4.79 Å². The standard InChI is InChI=1S/C11H14ClN3O2/c1-6(12)9(16)15-5-8-3-11(15,4-8)10-13-7(2)14-17-10/h6,8H,3-5H2,1-2H3. The summed E-state index contributed by atoms with van der Waals surface area (Å²) < 4.78 is 5.25. The molecule has 1 amide bonds. The van der Waals surface area contributed by atoms with Gasteiger partial charge in [0.1, 0.15) is 10.9 Å². The summed E-state index contributed by atoms with van der Waals surface area (Å²) in [6, 6.07) is 0. The summed E-state index contributed by atoms with van der Waals surface area (Å²) in [5.74, 6) is 1.69. The SMILES string of the molecule is Cc1noc(C23CC(CN2C(=O)C(C)Cl)C3)n1. The molecule has 2 aliphatic heterocycles. The van der Waals surface area contributed by atoms with Gasteiger partial charge >= 0.3 is 0 Å². The highest BCUT2D eigenvalue weighted by molar-refractivity contribution is 6.30. The number of hydrogen-bond acceptors (Lipinski definition) is 4. The monoisotopic (exact) mass is 255 g/mol. The molecule has 4 rings (SSSR count). The first-order chi connectivity index (χ1) is 8.03. The van der Waals surface area contributed by atoms with Crippen LogP contribution in [0.2, 0.25) is 0 Å². The van der Waals surface area contributed by atoms with Gasteiger partial charge in [0, 0.05) is 6.54 Å². The first kappa shape index (κ1) is 11.0. The van der Waals surface area contributed by atoms with Gasteiger partial charge in [-0.15, -0.1) is 11.6 Å². The Bertz CT molecular complexity index is 465. The third-order valence-corrected chi connectivity index (χ3v) is 3.93. The molecule has 6 heteroatoms. The van der Waals surface area contributed by atoms with Crippen LogP contribution in [0.5, 0.6) is 0 Å². The maximum absolute atomic E-state index is 12.1. The molecule has 1 saturated carbocycles. The van der Waals surface area contributed by atoms with Crippen LogP contribution in [-0.4, -0.2) is 32.9 Å². The lowest BCUT2D eigenvalue weighted by Gasteiger charge is -2.38. The van der Waals surface area contributed by atoms with Crippen LogP contribution < -0.4 is 0 Å². The summed E-state index contributed by atoms with van der Waals surface area (Å²) in [6.45, 7) is 4.24. The van der Waals surface area contributed by atoms with Crippen LogP contribution in [0.4, 0.5) is 0 Å². The van der Waals surface area contributed by atoms with Crippen molar-refractivity contribution in [3.8, 4) is 0 Å². The lowest BCUT2D eigenvalue weighted by Crippen LogP contribution is -2.48. The molecule has 5 nitrogen and oxygen atoms in total. The number of halogens is 1. The largest absolute Gasteiger partial charge is 0.337 e. The fourth-order valence-electron chi connectivity index (χ4n) is 2.97. The van der Waals surface area contributed by atoms with Crippen LogP contribution in [0.1, 0.15) is 31.5 Å². The fraction of sp³-hybridized carbons (Fsp3) is 0.727. The van der Waals surface area contributed by atoms with E-state index in [2.05, 4.69) is 10.1 Å². The molecule has 1 unspecified atom stereocenters. The third kappa shape index (κ3) is 1.41. The highest BCUT2D eigenvalue weighted by Gasteiger charge is 2.62. The van der Waals surface area contributed by atoms with E-state index in [1.165, 1.54) is 0 Å². The van der Waals surface area contributed by atoms with E-state index in [0.29, 0.717) is 17.6 Å². The topological polar surface area (TPSA) is 59.2 Å². The number of aromatic nitrogens is 2. The number of rotatable bonds is 2. The molecule has 1 aliphatic carbocycles. The van der Waals surface area contributed by atoms with Crippen molar-refractivity contribution in [3.63, 3.8) is 0 Å². The Balaban J connectivity index is 1.94. The van der Waals surface area contributed by atoms with Gasteiger partial charge in [0.2, 0.25) is 5.91 Å². The van der Waals surface area contributed by atoms with Crippen LogP contribution in [0.25, 0.3) is 0 Å². The van der Waals surface area contributed by atoms with Crippen molar-refractivity contribution in [2.45, 2.75) is 37.6 Å². The summed E-state index contributed by atoms with van der Waals surface area (Å²) >= 11 is 5.89. The summed E-state index contributed by atoms with van der Waals surface area (Å²) in [7, 11) is 0. The minimum absolute atomic E-state index is 0.0393. The first-order valence-electron chi connectivity index (χ1n) is 5.79. The smallest absolute Gasteiger partial charge is 0.252 e. The molecule has 2 saturated heterocycles. The Hall–Kier alpha value is -1.10. The Labute approximate surface area is 104 Å². The Morgan fingerprint density at radius 2 is 2.35 bits per heavy atom. The zero-order valence-corrected chi connectivity index (χ0v) is 10.6. The first-order valence-corrected chi connectivity index (χ1v) is 6.23. The van der Waals surface area contributed by atoms with Gasteiger partial charge < -0.3 is 9.42 Å². The van der Waals surface area contributed by atoms with Crippen molar-refractivity contribution in [2.75, 3.05) is 6.54 Å². The van der Waals surface area contributed by atoms with E-state index in [9.17, 15) is 4.79 Å². The van der Waals surface area contributed by atoms with Crippen molar-refractivity contribution in [2.24, 2.45) is 5.92 Å². The second-order valence-corrected chi connectivity index (χ2v) is 5.67. The van der Waals surface area contributed by atoms with Crippen LogP contribution in [-0.2, 0) is 10.3 Å². The molecule has 1 aromatic heterocycles. The van der Waals surface area contributed by atoms with Crippen molar-refractivity contribution in [1.82, 2.24) is 15.0 Å². The van der Waals surface area contributed by atoms with Crippen molar-refractivity contribution in [1.29, 1.82) is 0 Å². The minimum Gasteiger partial charge on any atom is -0.337 e. The summed E-state index contributed by atoms with van der Waals surface area (Å²) in [4.78, 5) is 18.2. The quantitative estimate of drug-likeness (QED) is 0.751. The van der Waals surface area contributed by atoms with E-state index >= 15 is 0 Å². The number of carbonyl (C=O) groups is 1. The molecule has 0 aromatic carbocycles. The normalized spacial score (nSPS) is 32.4. The van der Waals surface area contributed by atoms with Gasteiger partial charge in [-0.2, -0.15) is 4.98 Å². The molecular weight excluding hydrogens is 242 g/mol. The molecule has 0 radical (unpaired) electrons. The number of amides is 1. The second-order valence-electron chi connectivity index (χ2n) is 5.02. The van der Waals surface area contributed by atoms with Gasteiger partial charge in [0.05, 0.1) is 0 Å². The zero-order chi connectivity index (χ0) is 12.2. The zero-order valence-electron chi connectivity index (χ0n) is 9.81. The molecule has 92 valence electrons. The van der Waals surface area contributed by atoms with Gasteiger partial charge in [-0.1, -0.05) is 5.16 Å². The van der Waals surface area contributed by atoms with Gasteiger partial charge in [-0.05, 0) is 32.6 Å². The summed E-state index contributed by atoms with van der Waals surface area (Å²) in [6.07, 6.45) is 1.84. The Morgan fingerprint density at radius 1 is 1.65 bits per heavy atom.